The third-order valence-corrected chi connectivity index (χ3v) is 1.53. The summed E-state index contributed by atoms with van der Waals surface area (Å²) < 4.78 is 22.4. The molecule has 0 aliphatic carbocycles. The van der Waals surface area contributed by atoms with Crippen LogP contribution in [0.3, 0.4) is 0 Å². The number of rotatable bonds is 3. The molecule has 1 N–H and O–H groups in total. The van der Waals surface area contributed by atoms with Gasteiger partial charge in [-0.2, -0.15) is 0 Å². The van der Waals surface area contributed by atoms with E-state index in [9.17, 15) is 3.74 Å². The first-order valence-corrected chi connectivity index (χ1v) is 5.80. The van der Waals surface area contributed by atoms with E-state index in [2.05, 4.69) is 14.2 Å². The minimum absolute atomic E-state index is 0.581. The van der Waals surface area contributed by atoms with Gasteiger partial charge in [0.15, 0.2) is 0 Å². The first kappa shape index (κ1) is 9.03. The summed E-state index contributed by atoms with van der Waals surface area (Å²) in [5.41, 5.74) is 0.581. The maximum absolute atomic E-state index is 10.1. The molecule has 0 aliphatic rings. The first-order valence-electron chi connectivity index (χ1n) is 3.15. The van der Waals surface area contributed by atoms with Crippen LogP contribution in [0.5, 0.6) is 0 Å². The van der Waals surface area contributed by atoms with Crippen molar-refractivity contribution in [2.45, 2.75) is 0 Å². The Morgan fingerprint density at radius 3 is 2.58 bits per heavy atom. The van der Waals surface area contributed by atoms with Crippen molar-refractivity contribution < 1.29 is 11.7 Å². The molecule has 1 aromatic rings. The molecule has 12 heavy (non-hydrogen) atoms. The van der Waals surface area contributed by atoms with Crippen LogP contribution in [0.2, 0.25) is 0 Å². The van der Waals surface area contributed by atoms with Crippen molar-refractivity contribution in [2.24, 2.45) is 10.4 Å². The van der Waals surface area contributed by atoms with Gasteiger partial charge in [-0.3, -0.25) is 0 Å². The van der Waals surface area contributed by atoms with Gasteiger partial charge in [0.1, 0.15) is 0 Å². The molecule has 1 atom stereocenters. The van der Waals surface area contributed by atoms with Gasteiger partial charge in [0, 0.05) is 0 Å². The molecule has 0 aliphatic heterocycles. The van der Waals surface area contributed by atoms with Gasteiger partial charge in [0.05, 0.1) is 0 Å². The molecule has 64 valence electrons. The second-order valence-corrected chi connectivity index (χ2v) is 3.37. The van der Waals surface area contributed by atoms with E-state index in [1.54, 1.807) is 24.3 Å². The second kappa shape index (κ2) is 4.74. The van der Waals surface area contributed by atoms with Gasteiger partial charge in [0.25, 0.3) is 0 Å². The Hall–Kier alpha value is -1.06. The van der Waals surface area contributed by atoms with Gasteiger partial charge in [-0.25, -0.2) is 0 Å². The summed E-state index contributed by atoms with van der Waals surface area (Å²) >= 11 is -3.55. The molecule has 0 radical (unpaired) electrons. The quantitative estimate of drug-likeness (QED) is 0.475. The average Bonchev–Trinajstić information content (AvgIpc) is 2.05. The van der Waals surface area contributed by atoms with Crippen molar-refractivity contribution in [3.63, 3.8) is 0 Å². The third kappa shape index (κ3) is 3.36. The monoisotopic (exact) mass is 230 g/mol. The van der Waals surface area contributed by atoms with Gasteiger partial charge < -0.3 is 0 Å². The normalized spacial score (nSPS) is 13.1. The van der Waals surface area contributed by atoms with Crippen molar-refractivity contribution in [1.29, 1.82) is 0 Å². The first-order chi connectivity index (χ1) is 5.79. The van der Waals surface area contributed by atoms with Crippen molar-refractivity contribution in [3.8, 4) is 0 Å². The Morgan fingerprint density at radius 1 is 1.33 bits per heavy atom. The van der Waals surface area contributed by atoms with Crippen LogP contribution >= 0.6 is 0 Å². The zero-order chi connectivity index (χ0) is 8.81. The summed E-state index contributed by atoms with van der Waals surface area (Å²) in [6.45, 7) is 0. The predicted molar refractivity (Wildman–Crippen MR) is 42.1 cm³/mol. The van der Waals surface area contributed by atoms with Crippen molar-refractivity contribution >= 4 is 21.0 Å². The van der Waals surface area contributed by atoms with Crippen LogP contribution in [0.25, 0.3) is 0 Å². The van der Waals surface area contributed by atoms with Gasteiger partial charge >= 0.3 is 73.3 Å². The molecule has 0 aromatic heterocycles. The van der Waals surface area contributed by atoms with E-state index in [1.807, 2.05) is 6.07 Å². The van der Waals surface area contributed by atoms with E-state index < -0.39 is 15.3 Å². The molecule has 0 heterocycles. The van der Waals surface area contributed by atoms with Gasteiger partial charge in [-0.1, -0.05) is 0 Å². The SMILES string of the molecule is O=[AsH](O)ON=Nc1ccccc1. The standard InChI is InChI=1S/C6H7AsN2O3/c10-7(11)12-9-8-6-4-2-1-3-5-6/h1-5,7H,(H,10,11). The van der Waals surface area contributed by atoms with Crippen LogP contribution in [0.15, 0.2) is 40.7 Å². The predicted octanol–water partition coefficient (Wildman–Crippen LogP) is 0.842. The Kier molecular flexibility index (Phi) is 3.57. The van der Waals surface area contributed by atoms with Crippen LogP contribution in [0.1, 0.15) is 0 Å². The van der Waals surface area contributed by atoms with E-state index in [0.717, 1.165) is 0 Å². The molecule has 0 saturated heterocycles. The average molecular weight is 230 g/mol. The summed E-state index contributed by atoms with van der Waals surface area (Å²) in [7, 11) is 0. The fourth-order valence-electron chi connectivity index (χ4n) is 0.597. The molecule has 6 heteroatoms. The Morgan fingerprint density at radius 2 is 2.00 bits per heavy atom. The van der Waals surface area contributed by atoms with E-state index in [4.69, 9.17) is 4.10 Å². The van der Waals surface area contributed by atoms with E-state index in [-0.39, 0.29) is 0 Å². The molecule has 5 nitrogen and oxygen atoms in total. The molecule has 0 saturated carbocycles. The summed E-state index contributed by atoms with van der Waals surface area (Å²) in [6, 6.07) is 8.80. The number of nitrogens with zero attached hydrogens (tertiary/aromatic N) is 2. The van der Waals surface area contributed by atoms with E-state index >= 15 is 0 Å². The van der Waals surface area contributed by atoms with E-state index in [1.165, 1.54) is 0 Å². The Balaban J connectivity index is 2.52. The van der Waals surface area contributed by atoms with Crippen LogP contribution in [0, 0.1) is 0 Å². The molecule has 1 unspecified atom stereocenters. The summed E-state index contributed by atoms with van der Waals surface area (Å²) in [5, 5.41) is 6.61. The molecule has 1 rings (SSSR count). The van der Waals surface area contributed by atoms with Gasteiger partial charge in [-0.15, -0.1) is 0 Å². The summed E-state index contributed by atoms with van der Waals surface area (Å²) in [6.07, 6.45) is 0. The fraction of sp³-hybridized carbons (Fsp3) is 0. The fourth-order valence-corrected chi connectivity index (χ4v) is 0.829. The zero-order valence-electron chi connectivity index (χ0n) is 6.04. The molecular formula is C6H7AsN2O3. The zero-order valence-corrected chi connectivity index (χ0v) is 8.14. The van der Waals surface area contributed by atoms with Gasteiger partial charge in [-0.05, 0) is 0 Å². The number of hydrogen-bond acceptors (Lipinski definition) is 4. The van der Waals surface area contributed by atoms with Crippen LogP contribution in [0.4, 0.5) is 5.69 Å². The Labute approximate surface area is 73.8 Å². The Bertz CT molecular complexity index is 288. The summed E-state index contributed by atoms with van der Waals surface area (Å²) in [5.74, 6) is 0. The number of benzene rings is 1. The minimum atomic E-state index is -3.55. The van der Waals surface area contributed by atoms with Crippen LogP contribution in [-0.4, -0.2) is 19.4 Å². The molecular weight excluding hydrogens is 223 g/mol. The van der Waals surface area contributed by atoms with Crippen LogP contribution < -0.4 is 0 Å². The van der Waals surface area contributed by atoms with Gasteiger partial charge in [0.2, 0.25) is 0 Å². The molecule has 0 bridgehead atoms. The van der Waals surface area contributed by atoms with Crippen LogP contribution in [-0.2, 0) is 7.57 Å². The maximum atomic E-state index is 10.1. The van der Waals surface area contributed by atoms with E-state index in [0.29, 0.717) is 5.69 Å². The third-order valence-electron chi connectivity index (χ3n) is 1.03. The topological polar surface area (TPSA) is 71.2 Å². The molecule has 1 aromatic carbocycles. The second-order valence-electron chi connectivity index (χ2n) is 1.87. The summed E-state index contributed by atoms with van der Waals surface area (Å²) in [4.78, 5) is 0. The molecule has 0 amide bonds. The van der Waals surface area contributed by atoms with Crippen molar-refractivity contribution in [2.75, 3.05) is 0 Å². The van der Waals surface area contributed by atoms with Crippen molar-refractivity contribution in [1.82, 2.24) is 0 Å². The molecule has 0 fully saturated rings. The number of hydrogen-bond donors (Lipinski definition) is 1. The van der Waals surface area contributed by atoms with Crippen molar-refractivity contribution in [3.05, 3.63) is 30.3 Å². The molecule has 0 spiro atoms.